The van der Waals surface area contributed by atoms with Crippen LogP contribution in [-0.2, 0) is 16.1 Å². The van der Waals surface area contributed by atoms with Crippen molar-refractivity contribution >= 4 is 5.97 Å². The first-order valence-electron chi connectivity index (χ1n) is 5.88. The number of methoxy groups -OCH3 is 1. The molecule has 2 unspecified atom stereocenters. The molecular weight excluding hydrogens is 234 g/mol. The highest BCUT2D eigenvalue weighted by atomic mass is 16.8. The molecule has 1 N–H and O–H groups in total. The number of nitrogens with zero attached hydrogens (tertiary/aromatic N) is 1. The molecule has 0 aliphatic heterocycles. The number of carbonyl (C=O) groups is 1. The van der Waals surface area contributed by atoms with Crippen LogP contribution in [0.2, 0.25) is 0 Å². The second kappa shape index (κ2) is 6.49. The van der Waals surface area contributed by atoms with E-state index in [1.807, 2.05) is 18.2 Å². The van der Waals surface area contributed by atoms with Gasteiger partial charge in [0.2, 0.25) is 0 Å². The van der Waals surface area contributed by atoms with Gasteiger partial charge in [-0.3, -0.25) is 4.79 Å². The normalized spacial score (nSPS) is 15.8. The van der Waals surface area contributed by atoms with Gasteiger partial charge in [0.05, 0.1) is 13.5 Å². The predicted octanol–water partition coefficient (Wildman–Crippen LogP) is 2.23. The zero-order valence-corrected chi connectivity index (χ0v) is 10.7. The van der Waals surface area contributed by atoms with Crippen molar-refractivity contribution in [1.82, 2.24) is 0 Å². The summed E-state index contributed by atoms with van der Waals surface area (Å²) in [4.78, 5) is 9.61. The van der Waals surface area contributed by atoms with Crippen LogP contribution in [-0.4, -0.2) is 29.1 Å². The third-order valence-corrected chi connectivity index (χ3v) is 2.93. The highest BCUT2D eigenvalue weighted by Gasteiger charge is 2.24. The molecule has 1 aromatic rings. The molecule has 5 heteroatoms. The second-order valence-electron chi connectivity index (χ2n) is 4.36. The Labute approximate surface area is 107 Å². The molecule has 0 saturated carbocycles. The van der Waals surface area contributed by atoms with Crippen molar-refractivity contribution in [3.8, 4) is 0 Å². The Hall–Kier alpha value is -1.43. The fourth-order valence-corrected chi connectivity index (χ4v) is 1.63. The van der Waals surface area contributed by atoms with E-state index in [-0.39, 0.29) is 18.9 Å². The number of hydrogen-bond donors (Lipinski definition) is 1. The Balaban J connectivity index is 2.54. The molecule has 2 atom stereocenters. The number of carbonyl (C=O) groups excluding carboxylic acids is 1. The van der Waals surface area contributed by atoms with Crippen molar-refractivity contribution in [3.63, 3.8) is 0 Å². The predicted molar refractivity (Wildman–Crippen MR) is 66.3 cm³/mol. The van der Waals surface area contributed by atoms with Crippen LogP contribution in [0.15, 0.2) is 30.3 Å². The quantitative estimate of drug-likeness (QED) is 0.479. The minimum Gasteiger partial charge on any atom is -0.598 e. The fourth-order valence-electron chi connectivity index (χ4n) is 1.63. The van der Waals surface area contributed by atoms with Gasteiger partial charge in [-0.25, -0.2) is 10.0 Å². The lowest BCUT2D eigenvalue weighted by molar-refractivity contribution is -1.09. The molecule has 0 radical (unpaired) electrons. The molecule has 1 rings (SSSR count). The Morgan fingerprint density at radius 1 is 1.44 bits per heavy atom. The zero-order chi connectivity index (χ0) is 13.6. The molecule has 1 aromatic carbocycles. The third kappa shape index (κ3) is 4.44. The molecule has 0 heterocycles. The second-order valence-corrected chi connectivity index (χ2v) is 4.36. The smallest absolute Gasteiger partial charge is 0.305 e. The average molecular weight is 253 g/mol. The van der Waals surface area contributed by atoms with Gasteiger partial charge < -0.3 is 9.94 Å². The number of benzene rings is 1. The monoisotopic (exact) mass is 253 g/mol. The molecule has 0 amide bonds. The first-order chi connectivity index (χ1) is 8.45. The van der Waals surface area contributed by atoms with E-state index in [2.05, 4.69) is 4.74 Å². The Morgan fingerprint density at radius 3 is 2.61 bits per heavy atom. The molecular formula is C13H19NO4. The molecule has 0 bridgehead atoms. The van der Waals surface area contributed by atoms with E-state index in [9.17, 15) is 15.2 Å². The summed E-state index contributed by atoms with van der Waals surface area (Å²) in [6, 6.07) is 8.47. The Kier molecular flexibility index (Phi) is 5.27. The number of hydrogen-bond acceptors (Lipinski definition) is 4. The summed E-state index contributed by atoms with van der Waals surface area (Å²) >= 11 is 0. The van der Waals surface area contributed by atoms with Crippen LogP contribution < -0.4 is 0 Å². The van der Waals surface area contributed by atoms with E-state index in [0.29, 0.717) is 6.42 Å². The van der Waals surface area contributed by atoms with Crippen LogP contribution in [0.3, 0.4) is 0 Å². The van der Waals surface area contributed by atoms with E-state index >= 15 is 0 Å². The summed E-state index contributed by atoms with van der Waals surface area (Å²) in [7, 11) is 1.30. The highest BCUT2D eigenvalue weighted by molar-refractivity contribution is 5.69. The molecule has 100 valence electrons. The first kappa shape index (κ1) is 14.6. The van der Waals surface area contributed by atoms with Gasteiger partial charge in [0.1, 0.15) is 12.6 Å². The first-order valence-corrected chi connectivity index (χ1v) is 5.88. The van der Waals surface area contributed by atoms with Crippen LogP contribution in [0.25, 0.3) is 0 Å². The average Bonchev–Trinajstić information content (AvgIpc) is 2.36. The number of hydroxylamine groups is 4. The lowest BCUT2D eigenvalue weighted by Crippen LogP contribution is -2.45. The topological polar surface area (TPSA) is 69.6 Å². The minimum atomic E-state index is -1.37. The van der Waals surface area contributed by atoms with Crippen LogP contribution in [0.1, 0.15) is 25.3 Å². The standard InChI is InChI=1S/C13H19NO4/c1-11(8-9-13(15)18-2)14(16,17)10-12-6-4-3-5-7-12/h3-7,11,16H,8-10H2,1-2H3. The van der Waals surface area contributed by atoms with Gasteiger partial charge in [-0.15, -0.1) is 0 Å². The van der Waals surface area contributed by atoms with E-state index in [1.165, 1.54) is 7.11 Å². The van der Waals surface area contributed by atoms with Gasteiger partial charge in [-0.2, -0.15) is 0 Å². The van der Waals surface area contributed by atoms with Gasteiger partial charge in [0.15, 0.2) is 0 Å². The largest absolute Gasteiger partial charge is 0.598 e. The van der Waals surface area contributed by atoms with E-state index < -0.39 is 10.9 Å². The summed E-state index contributed by atoms with van der Waals surface area (Å²) < 4.78 is 4.50. The molecule has 18 heavy (non-hydrogen) atoms. The van der Waals surface area contributed by atoms with Gasteiger partial charge in [0, 0.05) is 12.0 Å². The van der Waals surface area contributed by atoms with E-state index in [1.54, 1.807) is 19.1 Å². The fraction of sp³-hybridized carbons (Fsp3) is 0.462. The Bertz CT molecular complexity index is 378. The van der Waals surface area contributed by atoms with Gasteiger partial charge in [-0.1, -0.05) is 30.3 Å². The lowest BCUT2D eigenvalue weighted by atomic mass is 10.1. The van der Waals surface area contributed by atoms with Crippen molar-refractivity contribution in [2.45, 2.75) is 32.4 Å². The van der Waals surface area contributed by atoms with Crippen molar-refractivity contribution in [2.75, 3.05) is 7.11 Å². The third-order valence-electron chi connectivity index (χ3n) is 2.93. The molecule has 0 fully saturated rings. The van der Waals surface area contributed by atoms with Crippen molar-refractivity contribution < 1.29 is 19.5 Å². The van der Waals surface area contributed by atoms with Gasteiger partial charge in [0.25, 0.3) is 0 Å². The van der Waals surface area contributed by atoms with Crippen LogP contribution in [0.5, 0.6) is 0 Å². The van der Waals surface area contributed by atoms with Gasteiger partial charge in [-0.05, 0) is 6.92 Å². The summed E-state index contributed by atoms with van der Waals surface area (Å²) in [5, 5.41) is 21.9. The van der Waals surface area contributed by atoms with Crippen LogP contribution in [0.4, 0.5) is 0 Å². The summed E-state index contributed by atoms with van der Waals surface area (Å²) in [6.45, 7) is 1.60. The molecule has 0 spiro atoms. The maximum atomic E-state index is 12.0. The zero-order valence-electron chi connectivity index (χ0n) is 10.7. The van der Waals surface area contributed by atoms with Crippen LogP contribution in [0, 0.1) is 5.21 Å². The minimum absolute atomic E-state index is 0.0246. The maximum Gasteiger partial charge on any atom is 0.305 e. The van der Waals surface area contributed by atoms with E-state index in [0.717, 1.165) is 5.56 Å². The maximum absolute atomic E-state index is 12.0. The molecule has 0 aliphatic carbocycles. The van der Waals surface area contributed by atoms with Crippen molar-refractivity contribution in [3.05, 3.63) is 41.1 Å². The summed E-state index contributed by atoms with van der Waals surface area (Å²) in [6.07, 6.45) is 0.425. The van der Waals surface area contributed by atoms with Gasteiger partial charge >= 0.3 is 5.97 Å². The number of quaternary nitrogens is 1. The number of ether oxygens (including phenoxy) is 1. The number of esters is 1. The van der Waals surface area contributed by atoms with E-state index in [4.69, 9.17) is 0 Å². The number of rotatable bonds is 6. The molecule has 0 aliphatic rings. The SMILES string of the molecule is COC(=O)CCC(C)[N+]([O-])(O)Cc1ccccc1. The Morgan fingerprint density at radius 2 is 2.06 bits per heavy atom. The van der Waals surface area contributed by atoms with Crippen molar-refractivity contribution in [2.24, 2.45) is 0 Å². The van der Waals surface area contributed by atoms with Crippen LogP contribution >= 0.6 is 0 Å². The molecule has 0 aromatic heterocycles. The summed E-state index contributed by atoms with van der Waals surface area (Å²) in [5.74, 6) is -0.374. The van der Waals surface area contributed by atoms with Crippen molar-refractivity contribution in [1.29, 1.82) is 0 Å². The lowest BCUT2D eigenvalue weighted by Gasteiger charge is -2.39. The summed E-state index contributed by atoms with van der Waals surface area (Å²) in [5.41, 5.74) is 0.764. The highest BCUT2D eigenvalue weighted by Crippen LogP contribution is 2.18. The molecule has 0 saturated heterocycles. The molecule has 5 nitrogen and oxygen atoms in total.